The van der Waals surface area contributed by atoms with E-state index in [0.29, 0.717) is 12.1 Å². The molecule has 3 nitrogen and oxygen atoms in total. The van der Waals surface area contributed by atoms with E-state index < -0.39 is 59.2 Å². The maximum absolute atomic E-state index is 14.0. The van der Waals surface area contributed by atoms with Crippen molar-refractivity contribution in [2.24, 2.45) is 0 Å². The minimum Gasteiger partial charge on any atom is -0.457 e. The Morgan fingerprint density at radius 2 is 0.854 bits per heavy atom. The zero-order valence-electron chi connectivity index (χ0n) is 18.9. The number of para-hydroxylation sites is 1. The molecule has 1 amide bonds. The Labute approximate surface area is 215 Å². The molecule has 1 N–H and O–H groups in total. The van der Waals surface area contributed by atoms with Crippen molar-refractivity contribution in [3.63, 3.8) is 0 Å². The molecule has 0 aromatic heterocycles. The van der Waals surface area contributed by atoms with Gasteiger partial charge in [0.2, 0.25) is 0 Å². The van der Waals surface area contributed by atoms with E-state index in [4.69, 9.17) is 4.74 Å². The highest BCUT2D eigenvalue weighted by Crippen LogP contribution is 2.64. The van der Waals surface area contributed by atoms with Crippen molar-refractivity contribution in [3.05, 3.63) is 54.6 Å². The second-order valence-corrected chi connectivity index (χ2v) is 7.91. The SMILES string of the molecule is O=C(Nc1ccc(Oc2ccccc2)cc1)C(F)(F)C(F)(F)C(F)(F)C(F)(F)C(F)(F)C(F)(F)C(F)(F)C(F)(F)F. The van der Waals surface area contributed by atoms with Crippen LogP contribution in [0.4, 0.5) is 80.3 Å². The number of hydrogen-bond acceptors (Lipinski definition) is 2. The number of rotatable bonds is 10. The van der Waals surface area contributed by atoms with Crippen molar-refractivity contribution in [3.8, 4) is 11.5 Å². The summed E-state index contributed by atoms with van der Waals surface area (Å²) in [5.74, 6) is -61.9. The Morgan fingerprint density at radius 3 is 1.27 bits per heavy atom. The first kappa shape index (κ1) is 33.7. The van der Waals surface area contributed by atoms with Crippen LogP contribution in [-0.4, -0.2) is 53.5 Å². The molecule has 2 aromatic carbocycles. The van der Waals surface area contributed by atoms with Crippen molar-refractivity contribution in [2.75, 3.05) is 5.32 Å². The number of amides is 1. The third-order valence-electron chi connectivity index (χ3n) is 5.10. The minimum absolute atomic E-state index is 0.115. The molecule has 41 heavy (non-hydrogen) atoms. The first-order chi connectivity index (χ1) is 18.2. The second-order valence-electron chi connectivity index (χ2n) is 7.91. The lowest BCUT2D eigenvalue weighted by Gasteiger charge is -2.42. The van der Waals surface area contributed by atoms with Gasteiger partial charge in [-0.15, -0.1) is 0 Å². The number of benzene rings is 2. The normalized spacial score (nSPS) is 14.6. The molecular formula is C21H10F17NO2. The van der Waals surface area contributed by atoms with Crippen LogP contribution in [0.25, 0.3) is 0 Å². The number of carbonyl (C=O) groups excluding carboxylic acids is 1. The fourth-order valence-corrected chi connectivity index (χ4v) is 2.75. The standard InChI is InChI=1S/C21H10F17NO2/c22-14(23,13(40)39-10-6-8-12(9-7-10)41-11-4-2-1-3-5-11)15(24,25)16(26,27)17(28,29)18(30,31)19(32,33)20(34,35)21(36,37)38/h1-9H,(H,39,40). The van der Waals surface area contributed by atoms with Gasteiger partial charge in [0.25, 0.3) is 0 Å². The summed E-state index contributed by atoms with van der Waals surface area (Å²) in [6.07, 6.45) is -7.85. The van der Waals surface area contributed by atoms with Crippen LogP contribution in [0.3, 0.4) is 0 Å². The molecule has 0 fully saturated rings. The predicted octanol–water partition coefficient (Wildman–Crippen LogP) is 8.43. The molecule has 0 bridgehead atoms. The van der Waals surface area contributed by atoms with E-state index in [2.05, 4.69) is 0 Å². The van der Waals surface area contributed by atoms with Crippen molar-refractivity contribution in [1.29, 1.82) is 0 Å². The number of anilines is 1. The summed E-state index contributed by atoms with van der Waals surface area (Å²) in [5, 5.41) is 0.809. The van der Waals surface area contributed by atoms with Crippen LogP contribution in [0.2, 0.25) is 0 Å². The van der Waals surface area contributed by atoms with Crippen LogP contribution in [0.15, 0.2) is 54.6 Å². The average molecular weight is 631 g/mol. The van der Waals surface area contributed by atoms with Gasteiger partial charge in [-0.25, -0.2) is 0 Å². The van der Waals surface area contributed by atoms with Crippen LogP contribution in [0, 0.1) is 0 Å². The van der Waals surface area contributed by atoms with E-state index in [1.54, 1.807) is 6.07 Å². The van der Waals surface area contributed by atoms with Gasteiger partial charge in [0.15, 0.2) is 0 Å². The number of alkyl halides is 17. The van der Waals surface area contributed by atoms with E-state index in [9.17, 15) is 79.4 Å². The Kier molecular flexibility index (Phi) is 8.31. The van der Waals surface area contributed by atoms with Crippen LogP contribution >= 0.6 is 0 Å². The molecule has 0 radical (unpaired) electrons. The minimum atomic E-state index is -8.77. The highest BCUT2D eigenvalue weighted by Gasteiger charge is 2.95. The molecule has 0 unspecified atom stereocenters. The summed E-state index contributed by atoms with van der Waals surface area (Å²) in [5.41, 5.74) is -0.970. The first-order valence-corrected chi connectivity index (χ1v) is 10.1. The van der Waals surface area contributed by atoms with Crippen molar-refractivity contribution < 1.29 is 84.2 Å². The largest absolute Gasteiger partial charge is 0.460 e. The Morgan fingerprint density at radius 1 is 0.488 bits per heavy atom. The highest BCUT2D eigenvalue weighted by atomic mass is 19.4. The topological polar surface area (TPSA) is 38.3 Å². The molecule has 0 aliphatic heterocycles. The lowest BCUT2D eigenvalue weighted by molar-refractivity contribution is -0.459. The Bertz CT molecular complexity index is 1220. The van der Waals surface area contributed by atoms with Crippen molar-refractivity contribution in [2.45, 2.75) is 47.6 Å². The number of ether oxygens (including phenoxy) is 1. The molecule has 0 aliphatic rings. The first-order valence-electron chi connectivity index (χ1n) is 10.1. The maximum atomic E-state index is 14.0. The van der Waals surface area contributed by atoms with Crippen molar-refractivity contribution in [1.82, 2.24) is 0 Å². The van der Waals surface area contributed by atoms with Crippen LogP contribution in [0.1, 0.15) is 0 Å². The number of carbonyl (C=O) groups is 1. The molecule has 2 rings (SSSR count). The van der Waals surface area contributed by atoms with Gasteiger partial charge in [-0.1, -0.05) is 18.2 Å². The molecule has 0 saturated heterocycles. The highest BCUT2D eigenvalue weighted by molar-refractivity contribution is 5.97. The molecule has 2 aromatic rings. The van der Waals surface area contributed by atoms with E-state index in [1.807, 2.05) is 0 Å². The van der Waals surface area contributed by atoms with Gasteiger partial charge in [0, 0.05) is 5.69 Å². The van der Waals surface area contributed by atoms with Gasteiger partial charge in [0.1, 0.15) is 11.5 Å². The van der Waals surface area contributed by atoms with Crippen molar-refractivity contribution >= 4 is 11.6 Å². The van der Waals surface area contributed by atoms with E-state index in [0.717, 1.165) is 17.4 Å². The van der Waals surface area contributed by atoms with Crippen LogP contribution < -0.4 is 10.1 Å². The number of nitrogens with one attached hydrogen (secondary N) is 1. The Balaban J connectivity index is 2.39. The molecule has 20 heteroatoms. The summed E-state index contributed by atoms with van der Waals surface area (Å²) in [6, 6.07) is 10.3. The molecule has 0 saturated carbocycles. The summed E-state index contributed by atoms with van der Waals surface area (Å²) in [4.78, 5) is 11.6. The molecule has 0 heterocycles. The van der Waals surface area contributed by atoms with Gasteiger partial charge in [0.05, 0.1) is 0 Å². The average Bonchev–Trinajstić information content (AvgIpc) is 2.84. The Hall–Kier alpha value is -3.48. The van der Waals surface area contributed by atoms with Crippen LogP contribution in [0.5, 0.6) is 11.5 Å². The zero-order valence-corrected chi connectivity index (χ0v) is 18.9. The lowest BCUT2D eigenvalue weighted by Crippen LogP contribution is -2.75. The molecular weight excluding hydrogens is 621 g/mol. The van der Waals surface area contributed by atoms with Gasteiger partial charge in [-0.3, -0.25) is 4.79 Å². The molecule has 0 atom stereocenters. The zero-order chi connectivity index (χ0) is 32.1. The third kappa shape index (κ3) is 5.20. The quantitative estimate of drug-likeness (QED) is 0.268. The van der Waals surface area contributed by atoms with Gasteiger partial charge < -0.3 is 10.1 Å². The van der Waals surface area contributed by atoms with Gasteiger partial charge in [-0.05, 0) is 36.4 Å². The fourth-order valence-electron chi connectivity index (χ4n) is 2.75. The van der Waals surface area contributed by atoms with Crippen LogP contribution in [-0.2, 0) is 4.79 Å². The lowest BCUT2D eigenvalue weighted by atomic mass is 9.89. The second kappa shape index (κ2) is 10.1. The van der Waals surface area contributed by atoms with Gasteiger partial charge >= 0.3 is 53.5 Å². The van der Waals surface area contributed by atoms with Gasteiger partial charge in [-0.2, -0.15) is 74.6 Å². The van der Waals surface area contributed by atoms with E-state index in [-0.39, 0.29) is 11.5 Å². The van der Waals surface area contributed by atoms with E-state index >= 15 is 0 Å². The number of hydrogen-bond donors (Lipinski definition) is 1. The third-order valence-corrected chi connectivity index (χ3v) is 5.10. The molecule has 0 spiro atoms. The fraction of sp³-hybridized carbons (Fsp3) is 0.381. The monoisotopic (exact) mass is 631 g/mol. The maximum Gasteiger partial charge on any atom is 0.460 e. The molecule has 0 aliphatic carbocycles. The summed E-state index contributed by atoms with van der Waals surface area (Å²) in [7, 11) is 0. The summed E-state index contributed by atoms with van der Waals surface area (Å²) >= 11 is 0. The summed E-state index contributed by atoms with van der Waals surface area (Å²) < 4.78 is 232. The predicted molar refractivity (Wildman–Crippen MR) is 102 cm³/mol. The number of halogens is 17. The molecule has 230 valence electrons. The van der Waals surface area contributed by atoms with E-state index in [1.165, 1.54) is 24.3 Å². The summed E-state index contributed by atoms with van der Waals surface area (Å²) in [6.45, 7) is 0. The smallest absolute Gasteiger partial charge is 0.457 e.